The Morgan fingerprint density at radius 3 is 2.33 bits per heavy atom. The molecule has 0 radical (unpaired) electrons. The van der Waals surface area contributed by atoms with Gasteiger partial charge in [0.15, 0.2) is 0 Å². The lowest BCUT2D eigenvalue weighted by molar-refractivity contribution is -0.310. The van der Waals surface area contributed by atoms with E-state index >= 15 is 0 Å². The van der Waals surface area contributed by atoms with Gasteiger partial charge in [-0.2, -0.15) is 13.2 Å². The largest absolute Gasteiger partial charge is 0.548 e. The van der Waals surface area contributed by atoms with E-state index in [4.69, 9.17) is 0 Å². The van der Waals surface area contributed by atoms with Crippen LogP contribution in [-0.2, 0) is 17.4 Å². The lowest BCUT2D eigenvalue weighted by Crippen LogP contribution is -2.39. The van der Waals surface area contributed by atoms with Gasteiger partial charge in [-0.25, -0.2) is 0 Å². The highest BCUT2D eigenvalue weighted by molar-refractivity contribution is 5.69. The number of aromatic nitrogens is 1. The van der Waals surface area contributed by atoms with Gasteiger partial charge in [-0.05, 0) is 38.4 Å². The van der Waals surface area contributed by atoms with Crippen LogP contribution >= 0.6 is 0 Å². The molecule has 0 saturated heterocycles. The van der Waals surface area contributed by atoms with Crippen molar-refractivity contribution in [1.29, 1.82) is 0 Å². The Morgan fingerprint density at radius 1 is 1.33 bits per heavy atom. The van der Waals surface area contributed by atoms with E-state index in [0.717, 1.165) is 10.8 Å². The van der Waals surface area contributed by atoms with Crippen molar-refractivity contribution in [2.24, 2.45) is 5.92 Å². The first-order chi connectivity index (χ1) is 10.9. The normalized spacial score (nSPS) is 13.5. The molecule has 0 aromatic carbocycles. The molecule has 0 aliphatic heterocycles. The molecular formula is C16H22F3N2O3-. The first-order valence-electron chi connectivity index (χ1n) is 7.61. The molecule has 5 nitrogen and oxygen atoms in total. The number of alkyl halides is 3. The number of aliphatic carboxylic acids is 1. The number of carbonyl (C=O) groups is 1. The fourth-order valence-corrected chi connectivity index (χ4v) is 2.41. The van der Waals surface area contributed by atoms with Gasteiger partial charge >= 0.3 is 6.18 Å². The summed E-state index contributed by atoms with van der Waals surface area (Å²) < 4.78 is 40.3. The standard InChI is InChI=1S/C16H23F3N2O3/c1-10(2)7-13(15(23)24)21-9-11(5-6-20(3)4)12(8-14(21)22)16(17,18)19/h8-10,13H,5-7H2,1-4H3,(H,23,24)/p-1. The van der Waals surface area contributed by atoms with Crippen LogP contribution in [0.4, 0.5) is 13.2 Å². The quantitative estimate of drug-likeness (QED) is 0.746. The molecule has 1 aromatic heterocycles. The van der Waals surface area contributed by atoms with Gasteiger partial charge in [0, 0.05) is 18.8 Å². The summed E-state index contributed by atoms with van der Waals surface area (Å²) in [5.41, 5.74) is -2.12. The van der Waals surface area contributed by atoms with E-state index < -0.39 is 29.3 Å². The molecule has 1 aromatic rings. The van der Waals surface area contributed by atoms with Crippen molar-refractivity contribution in [3.05, 3.63) is 33.7 Å². The van der Waals surface area contributed by atoms with Gasteiger partial charge in [-0.15, -0.1) is 0 Å². The molecule has 0 fully saturated rings. The smallest absolute Gasteiger partial charge is 0.416 e. The Morgan fingerprint density at radius 2 is 1.92 bits per heavy atom. The Kier molecular flexibility index (Phi) is 6.59. The molecule has 0 saturated carbocycles. The van der Waals surface area contributed by atoms with Crippen molar-refractivity contribution in [2.45, 2.75) is 38.9 Å². The van der Waals surface area contributed by atoms with Crippen molar-refractivity contribution >= 4 is 5.97 Å². The van der Waals surface area contributed by atoms with Crippen LogP contribution in [0.25, 0.3) is 0 Å². The number of carboxylic acids is 1. The molecule has 0 spiro atoms. The lowest BCUT2D eigenvalue weighted by atomic mass is 10.0. The number of carbonyl (C=O) groups excluding carboxylic acids is 1. The molecule has 1 rings (SSSR count). The highest BCUT2D eigenvalue weighted by atomic mass is 19.4. The minimum absolute atomic E-state index is 0.0452. The van der Waals surface area contributed by atoms with Crippen LogP contribution in [0, 0.1) is 5.92 Å². The van der Waals surface area contributed by atoms with Crippen molar-refractivity contribution in [3.63, 3.8) is 0 Å². The minimum atomic E-state index is -4.67. The third kappa shape index (κ3) is 5.36. The molecular weight excluding hydrogens is 325 g/mol. The second kappa shape index (κ2) is 7.83. The number of pyridine rings is 1. The lowest BCUT2D eigenvalue weighted by Gasteiger charge is -2.25. The number of halogens is 3. The number of nitrogens with zero attached hydrogens (tertiary/aromatic N) is 2. The van der Waals surface area contributed by atoms with Crippen LogP contribution in [0.2, 0.25) is 0 Å². The SMILES string of the molecule is CC(C)CC(C(=O)[O-])n1cc(CCN(C)C)c(C(F)(F)F)cc1=O. The van der Waals surface area contributed by atoms with Crippen molar-refractivity contribution in [1.82, 2.24) is 9.47 Å². The summed E-state index contributed by atoms with van der Waals surface area (Å²) in [5.74, 6) is -1.54. The Balaban J connectivity index is 3.44. The summed E-state index contributed by atoms with van der Waals surface area (Å²) in [7, 11) is 3.43. The van der Waals surface area contributed by atoms with Crippen LogP contribution in [0.1, 0.15) is 37.4 Å². The second-order valence-corrected chi connectivity index (χ2v) is 6.47. The van der Waals surface area contributed by atoms with Gasteiger partial charge in [-0.1, -0.05) is 13.8 Å². The summed E-state index contributed by atoms with van der Waals surface area (Å²) in [4.78, 5) is 25.1. The zero-order valence-electron chi connectivity index (χ0n) is 14.2. The number of hydrogen-bond donors (Lipinski definition) is 0. The van der Waals surface area contributed by atoms with E-state index in [-0.39, 0.29) is 24.3 Å². The maximum Gasteiger partial charge on any atom is 0.416 e. The first-order valence-corrected chi connectivity index (χ1v) is 7.61. The van der Waals surface area contributed by atoms with Gasteiger partial charge in [0.1, 0.15) is 0 Å². The number of carboxylic acid groups (broad SMARTS) is 1. The van der Waals surface area contributed by atoms with Gasteiger partial charge in [0.25, 0.3) is 5.56 Å². The van der Waals surface area contributed by atoms with Gasteiger partial charge in [-0.3, -0.25) is 4.79 Å². The number of likely N-dealkylation sites (N-methyl/N-ethyl adjacent to an activating group) is 1. The van der Waals surface area contributed by atoms with Gasteiger partial charge in [0.05, 0.1) is 17.6 Å². The third-order valence-corrected chi connectivity index (χ3v) is 3.60. The van der Waals surface area contributed by atoms with E-state index in [2.05, 4.69) is 0 Å². The van der Waals surface area contributed by atoms with E-state index in [9.17, 15) is 27.9 Å². The molecule has 0 amide bonds. The molecule has 0 N–H and O–H groups in total. The predicted molar refractivity (Wildman–Crippen MR) is 81.5 cm³/mol. The number of hydrogen-bond acceptors (Lipinski definition) is 4. The molecule has 0 aliphatic rings. The molecule has 136 valence electrons. The van der Waals surface area contributed by atoms with Crippen LogP contribution in [0.3, 0.4) is 0 Å². The fourth-order valence-electron chi connectivity index (χ4n) is 2.41. The molecule has 1 heterocycles. The van der Waals surface area contributed by atoms with Crippen molar-refractivity contribution in [3.8, 4) is 0 Å². The highest BCUT2D eigenvalue weighted by Crippen LogP contribution is 2.32. The van der Waals surface area contributed by atoms with Crippen LogP contribution in [0.15, 0.2) is 17.1 Å². The monoisotopic (exact) mass is 347 g/mol. The van der Waals surface area contributed by atoms with Crippen LogP contribution < -0.4 is 10.7 Å². The molecule has 0 aliphatic carbocycles. The summed E-state index contributed by atoms with van der Waals surface area (Å²) in [6.45, 7) is 3.86. The van der Waals surface area contributed by atoms with Crippen molar-refractivity contribution in [2.75, 3.05) is 20.6 Å². The maximum atomic E-state index is 13.2. The Labute approximate surface area is 138 Å². The van der Waals surface area contributed by atoms with E-state index in [1.54, 1.807) is 32.8 Å². The summed E-state index contributed by atoms with van der Waals surface area (Å²) in [5, 5.41) is 11.3. The topological polar surface area (TPSA) is 65.4 Å². The average molecular weight is 347 g/mol. The molecule has 1 unspecified atom stereocenters. The maximum absolute atomic E-state index is 13.2. The zero-order chi connectivity index (χ0) is 18.7. The zero-order valence-corrected chi connectivity index (χ0v) is 14.2. The summed E-state index contributed by atoms with van der Waals surface area (Å²) >= 11 is 0. The van der Waals surface area contributed by atoms with E-state index in [1.165, 1.54) is 0 Å². The molecule has 0 bridgehead atoms. The third-order valence-electron chi connectivity index (χ3n) is 3.60. The first kappa shape index (κ1) is 20.2. The summed E-state index contributed by atoms with van der Waals surface area (Å²) in [6, 6.07) is -0.820. The van der Waals surface area contributed by atoms with Crippen molar-refractivity contribution < 1.29 is 23.1 Å². The minimum Gasteiger partial charge on any atom is -0.548 e. The summed E-state index contributed by atoms with van der Waals surface area (Å²) in [6.07, 6.45) is -3.52. The highest BCUT2D eigenvalue weighted by Gasteiger charge is 2.34. The second-order valence-electron chi connectivity index (χ2n) is 6.47. The Hall–Kier alpha value is -1.83. The molecule has 8 heteroatoms. The predicted octanol–water partition coefficient (Wildman–Crippen LogP) is 1.31. The molecule has 1 atom stereocenters. The molecule has 24 heavy (non-hydrogen) atoms. The average Bonchev–Trinajstić information content (AvgIpc) is 2.41. The van der Waals surface area contributed by atoms with Gasteiger partial charge in [0.2, 0.25) is 0 Å². The fraction of sp³-hybridized carbons (Fsp3) is 0.625. The van der Waals surface area contributed by atoms with Gasteiger partial charge < -0.3 is 19.4 Å². The van der Waals surface area contributed by atoms with Crippen LogP contribution in [-0.4, -0.2) is 36.1 Å². The Bertz CT molecular complexity index is 636. The van der Waals surface area contributed by atoms with E-state index in [0.29, 0.717) is 12.6 Å². The van der Waals surface area contributed by atoms with Crippen LogP contribution in [0.5, 0.6) is 0 Å². The van der Waals surface area contributed by atoms with E-state index in [1.807, 2.05) is 0 Å². The number of rotatable bonds is 7.